The average Bonchev–Trinajstić information content (AvgIpc) is 2.69. The highest BCUT2D eigenvalue weighted by atomic mass is 32.2. The first-order valence-corrected chi connectivity index (χ1v) is 10.1. The molecule has 2 N–H and O–H groups in total. The fourth-order valence-corrected chi connectivity index (χ4v) is 3.67. The second-order valence-corrected chi connectivity index (χ2v) is 7.72. The molecule has 0 aromatic heterocycles. The van der Waals surface area contributed by atoms with Crippen LogP contribution in [-0.2, 0) is 16.4 Å². The predicted molar refractivity (Wildman–Crippen MR) is 109 cm³/mol. The molecular formula is C21H22N2O3S. The van der Waals surface area contributed by atoms with Crippen molar-refractivity contribution in [3.8, 4) is 5.75 Å². The molecule has 3 aromatic carbocycles. The van der Waals surface area contributed by atoms with Crippen molar-refractivity contribution in [2.75, 3.05) is 17.1 Å². The monoisotopic (exact) mass is 382 g/mol. The summed E-state index contributed by atoms with van der Waals surface area (Å²) in [7, 11) is -1.99. The van der Waals surface area contributed by atoms with Crippen LogP contribution in [0.2, 0.25) is 0 Å². The number of methoxy groups -OCH3 is 1. The maximum absolute atomic E-state index is 12.5. The van der Waals surface area contributed by atoms with Crippen molar-refractivity contribution < 1.29 is 13.2 Å². The van der Waals surface area contributed by atoms with E-state index >= 15 is 0 Å². The van der Waals surface area contributed by atoms with Crippen LogP contribution in [0, 0.1) is 0 Å². The van der Waals surface area contributed by atoms with Crippen molar-refractivity contribution >= 4 is 27.1 Å². The Morgan fingerprint density at radius 2 is 1.52 bits per heavy atom. The van der Waals surface area contributed by atoms with E-state index in [2.05, 4.69) is 10.0 Å². The fourth-order valence-electron chi connectivity index (χ4n) is 2.61. The largest absolute Gasteiger partial charge is 0.497 e. The van der Waals surface area contributed by atoms with E-state index in [1.165, 1.54) is 0 Å². The Morgan fingerprint density at radius 3 is 2.15 bits per heavy atom. The summed E-state index contributed by atoms with van der Waals surface area (Å²) in [5.74, 6) is 0.762. The number of hydrogen-bond acceptors (Lipinski definition) is 4. The third-order valence-electron chi connectivity index (χ3n) is 4.14. The van der Waals surface area contributed by atoms with Gasteiger partial charge in [0, 0.05) is 23.1 Å². The van der Waals surface area contributed by atoms with E-state index in [0.29, 0.717) is 5.69 Å². The molecule has 0 saturated carbocycles. The SMILES string of the molecule is CCc1ccc(S(=O)(=O)Nc2ccc(Nc3cccc(OC)c3)cc2)cc1. The molecule has 140 valence electrons. The highest BCUT2D eigenvalue weighted by molar-refractivity contribution is 7.92. The number of hydrogen-bond donors (Lipinski definition) is 2. The van der Waals surface area contributed by atoms with Gasteiger partial charge in [0.05, 0.1) is 12.0 Å². The lowest BCUT2D eigenvalue weighted by Gasteiger charge is -2.11. The van der Waals surface area contributed by atoms with E-state index in [1.807, 2.05) is 55.5 Å². The molecule has 0 radical (unpaired) electrons. The minimum Gasteiger partial charge on any atom is -0.497 e. The van der Waals surface area contributed by atoms with E-state index in [4.69, 9.17) is 4.74 Å². The lowest BCUT2D eigenvalue weighted by molar-refractivity contribution is 0.415. The molecule has 0 aliphatic rings. The summed E-state index contributed by atoms with van der Waals surface area (Å²) in [5.41, 5.74) is 3.34. The normalized spacial score (nSPS) is 11.0. The van der Waals surface area contributed by atoms with Gasteiger partial charge in [-0.15, -0.1) is 0 Å². The number of rotatable bonds is 7. The summed E-state index contributed by atoms with van der Waals surface area (Å²) in [6.45, 7) is 2.03. The third kappa shape index (κ3) is 4.80. The molecule has 3 rings (SSSR count). The van der Waals surface area contributed by atoms with Crippen molar-refractivity contribution in [1.29, 1.82) is 0 Å². The molecule has 0 fully saturated rings. The van der Waals surface area contributed by atoms with Gasteiger partial charge < -0.3 is 10.1 Å². The van der Waals surface area contributed by atoms with Crippen LogP contribution in [0.4, 0.5) is 17.1 Å². The van der Waals surface area contributed by atoms with Crippen LogP contribution >= 0.6 is 0 Å². The number of benzene rings is 3. The van der Waals surface area contributed by atoms with Gasteiger partial charge >= 0.3 is 0 Å². The van der Waals surface area contributed by atoms with Crippen LogP contribution in [0.25, 0.3) is 0 Å². The zero-order chi connectivity index (χ0) is 19.3. The zero-order valence-corrected chi connectivity index (χ0v) is 16.1. The van der Waals surface area contributed by atoms with Gasteiger partial charge in [0.2, 0.25) is 0 Å². The molecule has 0 heterocycles. The van der Waals surface area contributed by atoms with Gasteiger partial charge in [0.1, 0.15) is 5.75 Å². The van der Waals surface area contributed by atoms with E-state index in [9.17, 15) is 8.42 Å². The van der Waals surface area contributed by atoms with Crippen molar-refractivity contribution in [3.63, 3.8) is 0 Å². The maximum atomic E-state index is 12.5. The first kappa shape index (κ1) is 18.8. The van der Waals surface area contributed by atoms with Crippen LogP contribution in [0.1, 0.15) is 12.5 Å². The Balaban J connectivity index is 1.70. The van der Waals surface area contributed by atoms with Gasteiger partial charge in [0.15, 0.2) is 0 Å². The molecule has 0 amide bonds. The fraction of sp³-hybridized carbons (Fsp3) is 0.143. The Hall–Kier alpha value is -2.99. The van der Waals surface area contributed by atoms with E-state index in [-0.39, 0.29) is 4.90 Å². The molecule has 0 unspecified atom stereocenters. The quantitative estimate of drug-likeness (QED) is 0.616. The number of anilines is 3. The van der Waals surface area contributed by atoms with Crippen molar-refractivity contribution in [3.05, 3.63) is 78.4 Å². The van der Waals surface area contributed by atoms with Crippen LogP contribution in [0.15, 0.2) is 77.7 Å². The van der Waals surface area contributed by atoms with Gasteiger partial charge in [-0.3, -0.25) is 4.72 Å². The molecule has 0 saturated heterocycles. The Morgan fingerprint density at radius 1 is 0.852 bits per heavy atom. The molecule has 0 bridgehead atoms. The Bertz CT molecular complexity index is 998. The van der Waals surface area contributed by atoms with Gasteiger partial charge in [0.25, 0.3) is 10.0 Å². The van der Waals surface area contributed by atoms with Gasteiger partial charge in [-0.2, -0.15) is 0 Å². The number of nitrogens with one attached hydrogen (secondary N) is 2. The van der Waals surface area contributed by atoms with Gasteiger partial charge in [-0.25, -0.2) is 8.42 Å². The maximum Gasteiger partial charge on any atom is 0.261 e. The summed E-state index contributed by atoms with van der Waals surface area (Å²) in [6.07, 6.45) is 0.871. The van der Waals surface area contributed by atoms with E-state index in [1.54, 1.807) is 31.4 Å². The molecular weight excluding hydrogens is 360 g/mol. The summed E-state index contributed by atoms with van der Waals surface area (Å²) >= 11 is 0. The van der Waals surface area contributed by atoms with Crippen molar-refractivity contribution in [2.24, 2.45) is 0 Å². The second kappa shape index (κ2) is 8.14. The third-order valence-corrected chi connectivity index (χ3v) is 5.53. The smallest absolute Gasteiger partial charge is 0.261 e. The molecule has 0 aliphatic heterocycles. The standard InChI is InChI=1S/C21H22N2O3S/c1-3-16-7-13-21(14-8-16)27(24,25)23-18-11-9-17(10-12-18)22-19-5-4-6-20(15-19)26-2/h4-15,22-23H,3H2,1-2H3. The first-order valence-electron chi connectivity index (χ1n) is 8.63. The van der Waals surface area contributed by atoms with Crippen molar-refractivity contribution in [2.45, 2.75) is 18.2 Å². The molecule has 0 aliphatic carbocycles. The van der Waals surface area contributed by atoms with Crippen LogP contribution in [0.3, 0.4) is 0 Å². The average molecular weight is 382 g/mol. The molecule has 27 heavy (non-hydrogen) atoms. The Kier molecular flexibility index (Phi) is 5.66. The number of aryl methyl sites for hydroxylation is 1. The number of ether oxygens (including phenoxy) is 1. The first-order chi connectivity index (χ1) is 13.0. The topological polar surface area (TPSA) is 67.4 Å². The summed E-state index contributed by atoms with van der Waals surface area (Å²) < 4.78 is 32.8. The molecule has 3 aromatic rings. The molecule has 5 nitrogen and oxygen atoms in total. The number of sulfonamides is 1. The van der Waals surface area contributed by atoms with E-state index < -0.39 is 10.0 Å². The minimum atomic E-state index is -3.61. The van der Waals surface area contributed by atoms with Crippen LogP contribution in [0.5, 0.6) is 5.75 Å². The highest BCUT2D eigenvalue weighted by Gasteiger charge is 2.13. The minimum absolute atomic E-state index is 0.248. The highest BCUT2D eigenvalue weighted by Crippen LogP contribution is 2.23. The summed E-state index contributed by atoms with van der Waals surface area (Å²) in [5, 5.41) is 3.26. The lowest BCUT2D eigenvalue weighted by atomic mass is 10.2. The van der Waals surface area contributed by atoms with Gasteiger partial charge in [-0.05, 0) is 60.5 Å². The molecule has 0 spiro atoms. The lowest BCUT2D eigenvalue weighted by Crippen LogP contribution is -2.12. The van der Waals surface area contributed by atoms with Gasteiger partial charge in [-0.1, -0.05) is 25.1 Å². The zero-order valence-electron chi connectivity index (χ0n) is 15.3. The second-order valence-electron chi connectivity index (χ2n) is 6.04. The predicted octanol–water partition coefficient (Wildman–Crippen LogP) is 4.80. The molecule has 6 heteroatoms. The Labute approximate surface area is 160 Å². The molecule has 0 atom stereocenters. The van der Waals surface area contributed by atoms with Crippen LogP contribution < -0.4 is 14.8 Å². The van der Waals surface area contributed by atoms with Crippen molar-refractivity contribution in [1.82, 2.24) is 0 Å². The summed E-state index contributed by atoms with van der Waals surface area (Å²) in [4.78, 5) is 0.248. The van der Waals surface area contributed by atoms with Crippen LogP contribution in [-0.4, -0.2) is 15.5 Å². The van der Waals surface area contributed by atoms with E-state index in [0.717, 1.165) is 29.1 Å². The summed E-state index contributed by atoms with van der Waals surface area (Å²) in [6, 6.07) is 21.6.